The summed E-state index contributed by atoms with van der Waals surface area (Å²) in [6.07, 6.45) is 1.07. The van der Waals surface area contributed by atoms with E-state index in [1.807, 2.05) is 0 Å². The second-order valence-electron chi connectivity index (χ2n) is 3.58. The number of carboxylic acid groups (broad SMARTS) is 1. The van der Waals surface area contributed by atoms with Crippen LogP contribution in [0.25, 0.3) is 0 Å². The number of hydrogen-bond acceptors (Lipinski definition) is 3. The maximum Gasteiger partial charge on any atom is 0.338 e. The lowest BCUT2D eigenvalue weighted by atomic mass is 10.2. The number of rotatable bonds is 3. The number of anilines is 2. The zero-order valence-electron chi connectivity index (χ0n) is 9.32. The van der Waals surface area contributed by atoms with E-state index in [2.05, 4.69) is 10.3 Å². The van der Waals surface area contributed by atoms with E-state index in [-0.39, 0.29) is 5.69 Å². The first-order valence-electron chi connectivity index (χ1n) is 5.09. The van der Waals surface area contributed by atoms with Crippen molar-refractivity contribution in [2.24, 2.45) is 0 Å². The monoisotopic (exact) mass is 268 g/mol. The third-order valence-corrected chi connectivity index (χ3v) is 2.30. The second kappa shape index (κ2) is 4.97. The minimum Gasteiger partial charge on any atom is -0.478 e. The van der Waals surface area contributed by atoms with Crippen molar-refractivity contribution in [2.75, 3.05) is 5.32 Å². The zero-order chi connectivity index (χ0) is 14.0. The molecule has 19 heavy (non-hydrogen) atoms. The summed E-state index contributed by atoms with van der Waals surface area (Å²) in [6.45, 7) is 0. The number of carbonyl (C=O) groups is 1. The van der Waals surface area contributed by atoms with Crippen molar-refractivity contribution in [2.45, 2.75) is 0 Å². The number of nitrogens with zero attached hydrogens (tertiary/aromatic N) is 1. The fourth-order valence-corrected chi connectivity index (χ4v) is 1.41. The SMILES string of the molecule is O=C(O)c1ccnc(Nc2ccc(F)cc2F)c1F. The molecule has 0 unspecified atom stereocenters. The molecule has 2 rings (SSSR count). The Morgan fingerprint density at radius 1 is 1.21 bits per heavy atom. The van der Waals surface area contributed by atoms with Gasteiger partial charge in [0.15, 0.2) is 11.6 Å². The van der Waals surface area contributed by atoms with Gasteiger partial charge in [0.25, 0.3) is 0 Å². The molecule has 0 saturated carbocycles. The molecular weight excluding hydrogens is 261 g/mol. The maximum absolute atomic E-state index is 13.7. The highest BCUT2D eigenvalue weighted by Crippen LogP contribution is 2.22. The maximum atomic E-state index is 13.7. The van der Waals surface area contributed by atoms with Crippen molar-refractivity contribution < 1.29 is 23.1 Å². The molecule has 98 valence electrons. The summed E-state index contributed by atoms with van der Waals surface area (Å²) >= 11 is 0. The van der Waals surface area contributed by atoms with Gasteiger partial charge >= 0.3 is 5.97 Å². The quantitative estimate of drug-likeness (QED) is 0.898. The molecule has 0 saturated heterocycles. The van der Waals surface area contributed by atoms with Gasteiger partial charge in [-0.1, -0.05) is 0 Å². The molecule has 1 aromatic carbocycles. The predicted octanol–water partition coefficient (Wildman–Crippen LogP) is 2.94. The molecule has 1 heterocycles. The number of carboxylic acids is 1. The van der Waals surface area contributed by atoms with Crippen molar-refractivity contribution >= 4 is 17.5 Å². The summed E-state index contributed by atoms with van der Waals surface area (Å²) in [4.78, 5) is 14.3. The number of halogens is 3. The van der Waals surface area contributed by atoms with Gasteiger partial charge in [-0.05, 0) is 18.2 Å². The Balaban J connectivity index is 2.38. The molecule has 2 N–H and O–H groups in total. The molecule has 0 radical (unpaired) electrons. The summed E-state index contributed by atoms with van der Waals surface area (Å²) in [6, 6.07) is 3.62. The van der Waals surface area contributed by atoms with Crippen molar-refractivity contribution in [1.82, 2.24) is 4.98 Å². The molecule has 4 nitrogen and oxygen atoms in total. The van der Waals surface area contributed by atoms with E-state index in [0.717, 1.165) is 24.4 Å². The first kappa shape index (κ1) is 12.9. The number of aromatic nitrogens is 1. The molecular formula is C12H7F3N2O2. The van der Waals surface area contributed by atoms with Gasteiger partial charge in [0.05, 0.1) is 5.69 Å². The molecule has 7 heteroatoms. The molecule has 0 fully saturated rings. The van der Waals surface area contributed by atoms with E-state index in [1.54, 1.807) is 0 Å². The van der Waals surface area contributed by atoms with Crippen LogP contribution in [-0.4, -0.2) is 16.1 Å². The number of benzene rings is 1. The minimum atomic E-state index is -1.47. The van der Waals surface area contributed by atoms with Gasteiger partial charge in [0.1, 0.15) is 17.2 Å². The smallest absolute Gasteiger partial charge is 0.338 e. The molecule has 0 aliphatic heterocycles. The number of nitrogens with one attached hydrogen (secondary N) is 1. The minimum absolute atomic E-state index is 0.213. The zero-order valence-corrected chi connectivity index (χ0v) is 9.32. The van der Waals surface area contributed by atoms with Crippen LogP contribution in [0.4, 0.5) is 24.7 Å². The molecule has 0 amide bonds. The van der Waals surface area contributed by atoms with Gasteiger partial charge in [0, 0.05) is 12.3 Å². The summed E-state index contributed by atoms with van der Waals surface area (Å²) in [5.41, 5.74) is -0.810. The van der Waals surface area contributed by atoms with E-state index in [0.29, 0.717) is 6.07 Å². The third-order valence-electron chi connectivity index (χ3n) is 2.30. The molecule has 1 aromatic heterocycles. The van der Waals surface area contributed by atoms with Gasteiger partial charge in [-0.3, -0.25) is 0 Å². The third kappa shape index (κ3) is 2.65. The van der Waals surface area contributed by atoms with Gasteiger partial charge in [-0.25, -0.2) is 22.9 Å². The second-order valence-corrected chi connectivity index (χ2v) is 3.58. The average Bonchev–Trinajstić information content (AvgIpc) is 2.34. The molecule has 0 spiro atoms. The lowest BCUT2D eigenvalue weighted by molar-refractivity contribution is 0.0692. The van der Waals surface area contributed by atoms with Crippen molar-refractivity contribution in [3.63, 3.8) is 0 Å². The first-order chi connectivity index (χ1) is 8.99. The largest absolute Gasteiger partial charge is 0.478 e. The number of aromatic carboxylic acids is 1. The Morgan fingerprint density at radius 2 is 1.95 bits per heavy atom. The standard InChI is InChI=1S/C12H7F3N2O2/c13-6-1-2-9(8(14)5-6)17-11-10(15)7(12(18)19)3-4-16-11/h1-5H,(H,16,17)(H,18,19). The Hall–Kier alpha value is -2.57. The van der Waals surface area contributed by atoms with E-state index < -0.39 is 34.8 Å². The summed E-state index contributed by atoms with van der Waals surface area (Å²) in [5, 5.41) is 11.0. The Morgan fingerprint density at radius 3 is 2.58 bits per heavy atom. The lowest BCUT2D eigenvalue weighted by Crippen LogP contribution is -2.06. The fraction of sp³-hybridized carbons (Fsp3) is 0. The highest BCUT2D eigenvalue weighted by atomic mass is 19.1. The average molecular weight is 268 g/mol. The highest BCUT2D eigenvalue weighted by Gasteiger charge is 2.16. The number of hydrogen-bond donors (Lipinski definition) is 2. The van der Waals surface area contributed by atoms with E-state index >= 15 is 0 Å². The summed E-state index contributed by atoms with van der Waals surface area (Å²) in [7, 11) is 0. The topological polar surface area (TPSA) is 62.2 Å². The van der Waals surface area contributed by atoms with Gasteiger partial charge in [-0.15, -0.1) is 0 Å². The van der Waals surface area contributed by atoms with Crippen molar-refractivity contribution in [1.29, 1.82) is 0 Å². The van der Waals surface area contributed by atoms with Crippen LogP contribution in [0, 0.1) is 17.5 Å². The highest BCUT2D eigenvalue weighted by molar-refractivity contribution is 5.89. The molecule has 0 atom stereocenters. The normalized spacial score (nSPS) is 10.3. The van der Waals surface area contributed by atoms with Crippen LogP contribution in [0.2, 0.25) is 0 Å². The van der Waals surface area contributed by atoms with Gasteiger partial charge in [0.2, 0.25) is 0 Å². The fourth-order valence-electron chi connectivity index (χ4n) is 1.41. The lowest BCUT2D eigenvalue weighted by Gasteiger charge is -2.08. The van der Waals surface area contributed by atoms with Crippen LogP contribution in [0.1, 0.15) is 10.4 Å². The van der Waals surface area contributed by atoms with Crippen LogP contribution >= 0.6 is 0 Å². The summed E-state index contributed by atoms with van der Waals surface area (Å²) in [5.74, 6) is -4.77. The van der Waals surface area contributed by atoms with Gasteiger partial charge < -0.3 is 10.4 Å². The first-order valence-corrected chi connectivity index (χ1v) is 5.09. The molecule has 0 bridgehead atoms. The number of pyridine rings is 1. The summed E-state index contributed by atoms with van der Waals surface area (Å²) < 4.78 is 39.8. The van der Waals surface area contributed by atoms with Gasteiger partial charge in [-0.2, -0.15) is 0 Å². The van der Waals surface area contributed by atoms with Crippen molar-refractivity contribution in [3.8, 4) is 0 Å². The molecule has 2 aromatic rings. The van der Waals surface area contributed by atoms with E-state index in [1.165, 1.54) is 0 Å². The van der Waals surface area contributed by atoms with E-state index in [4.69, 9.17) is 5.11 Å². The predicted molar refractivity (Wildman–Crippen MR) is 60.8 cm³/mol. The molecule has 0 aliphatic carbocycles. The van der Waals surface area contributed by atoms with Crippen LogP contribution in [0.15, 0.2) is 30.5 Å². The van der Waals surface area contributed by atoms with Crippen LogP contribution in [0.3, 0.4) is 0 Å². The Labute approximate surface area is 105 Å². The van der Waals surface area contributed by atoms with Crippen molar-refractivity contribution in [3.05, 3.63) is 53.5 Å². The Bertz CT molecular complexity index is 647. The Kier molecular flexibility index (Phi) is 3.37. The van der Waals surface area contributed by atoms with Crippen LogP contribution in [0.5, 0.6) is 0 Å². The van der Waals surface area contributed by atoms with Crippen LogP contribution in [-0.2, 0) is 0 Å². The van der Waals surface area contributed by atoms with E-state index in [9.17, 15) is 18.0 Å². The van der Waals surface area contributed by atoms with Crippen LogP contribution < -0.4 is 5.32 Å². The molecule has 0 aliphatic rings.